The fraction of sp³-hybridized carbons (Fsp3) is 0.417. The van der Waals surface area contributed by atoms with Crippen molar-refractivity contribution in [3.8, 4) is 6.07 Å². The Kier molecular flexibility index (Phi) is 3.28. The standard InChI is InChI=1S/C12H15N3O/c13-7-9-3-4-12(11(14)6-9)15-10-2-1-5-16-8-10/h3-4,6,10,15H,1-2,5,8,14H2. The van der Waals surface area contributed by atoms with Crippen molar-refractivity contribution in [2.45, 2.75) is 18.9 Å². The van der Waals surface area contributed by atoms with Crippen LogP contribution in [0.1, 0.15) is 18.4 Å². The summed E-state index contributed by atoms with van der Waals surface area (Å²) in [6.45, 7) is 1.57. The van der Waals surface area contributed by atoms with E-state index in [-0.39, 0.29) is 0 Å². The van der Waals surface area contributed by atoms with Crippen LogP contribution < -0.4 is 11.1 Å². The van der Waals surface area contributed by atoms with Crippen LogP contribution in [-0.4, -0.2) is 19.3 Å². The first-order valence-corrected chi connectivity index (χ1v) is 5.43. The van der Waals surface area contributed by atoms with Gasteiger partial charge in [0.15, 0.2) is 0 Å². The topological polar surface area (TPSA) is 71.1 Å². The summed E-state index contributed by atoms with van der Waals surface area (Å²) in [6, 6.07) is 7.69. The molecule has 1 atom stereocenters. The first-order valence-electron chi connectivity index (χ1n) is 5.43. The summed E-state index contributed by atoms with van der Waals surface area (Å²) in [4.78, 5) is 0. The number of hydrogen-bond acceptors (Lipinski definition) is 4. The predicted molar refractivity (Wildman–Crippen MR) is 63.0 cm³/mol. The van der Waals surface area contributed by atoms with Gasteiger partial charge in [-0.05, 0) is 31.0 Å². The van der Waals surface area contributed by atoms with Crippen molar-refractivity contribution in [2.75, 3.05) is 24.3 Å². The quantitative estimate of drug-likeness (QED) is 0.740. The molecule has 0 bridgehead atoms. The van der Waals surface area contributed by atoms with E-state index in [1.165, 1.54) is 0 Å². The summed E-state index contributed by atoms with van der Waals surface area (Å²) in [5.74, 6) is 0. The SMILES string of the molecule is N#Cc1ccc(NC2CCCOC2)c(N)c1. The molecule has 4 nitrogen and oxygen atoms in total. The summed E-state index contributed by atoms with van der Waals surface area (Å²) in [7, 11) is 0. The van der Waals surface area contributed by atoms with Gasteiger partial charge in [-0.25, -0.2) is 0 Å². The van der Waals surface area contributed by atoms with Gasteiger partial charge in [-0.15, -0.1) is 0 Å². The third-order valence-corrected chi connectivity index (χ3v) is 2.70. The number of nitriles is 1. The lowest BCUT2D eigenvalue weighted by molar-refractivity contribution is 0.0876. The van der Waals surface area contributed by atoms with Gasteiger partial charge in [0.05, 0.1) is 29.6 Å². The van der Waals surface area contributed by atoms with Crippen molar-refractivity contribution in [2.24, 2.45) is 0 Å². The van der Waals surface area contributed by atoms with E-state index in [9.17, 15) is 0 Å². The number of nitrogen functional groups attached to an aromatic ring is 1. The van der Waals surface area contributed by atoms with E-state index in [2.05, 4.69) is 11.4 Å². The summed E-state index contributed by atoms with van der Waals surface area (Å²) in [5, 5.41) is 12.1. The van der Waals surface area contributed by atoms with Crippen LogP contribution in [0, 0.1) is 11.3 Å². The summed E-state index contributed by atoms with van der Waals surface area (Å²) < 4.78 is 5.38. The highest BCUT2D eigenvalue weighted by Crippen LogP contribution is 2.22. The fourth-order valence-corrected chi connectivity index (χ4v) is 1.84. The summed E-state index contributed by atoms with van der Waals surface area (Å²) in [6.07, 6.45) is 2.17. The maximum atomic E-state index is 8.73. The minimum atomic E-state index is 0.323. The molecule has 0 aromatic heterocycles. The smallest absolute Gasteiger partial charge is 0.0992 e. The minimum absolute atomic E-state index is 0.323. The molecule has 1 fully saturated rings. The number of hydrogen-bond donors (Lipinski definition) is 2. The first-order chi connectivity index (χ1) is 7.79. The van der Waals surface area contributed by atoms with Crippen LogP contribution in [0.2, 0.25) is 0 Å². The number of nitrogens with two attached hydrogens (primary N) is 1. The van der Waals surface area contributed by atoms with Crippen LogP contribution in [0.3, 0.4) is 0 Å². The Balaban J connectivity index is 2.06. The van der Waals surface area contributed by atoms with Gasteiger partial charge in [0.2, 0.25) is 0 Å². The van der Waals surface area contributed by atoms with Gasteiger partial charge < -0.3 is 15.8 Å². The van der Waals surface area contributed by atoms with Gasteiger partial charge >= 0.3 is 0 Å². The first kappa shape index (κ1) is 10.8. The molecular weight excluding hydrogens is 202 g/mol. The average molecular weight is 217 g/mol. The second-order valence-corrected chi connectivity index (χ2v) is 3.97. The highest BCUT2D eigenvalue weighted by atomic mass is 16.5. The molecule has 0 aliphatic carbocycles. The Labute approximate surface area is 95.0 Å². The molecule has 0 amide bonds. The second kappa shape index (κ2) is 4.86. The van der Waals surface area contributed by atoms with Crippen LogP contribution in [0.4, 0.5) is 11.4 Å². The van der Waals surface area contributed by atoms with Crippen LogP contribution in [0.25, 0.3) is 0 Å². The molecule has 3 N–H and O–H groups in total. The number of anilines is 2. The van der Waals surface area contributed by atoms with Gasteiger partial charge in [0, 0.05) is 12.6 Å². The molecule has 1 aliphatic rings. The Hall–Kier alpha value is -1.73. The summed E-state index contributed by atoms with van der Waals surface area (Å²) >= 11 is 0. The number of rotatable bonds is 2. The Morgan fingerprint density at radius 3 is 3.00 bits per heavy atom. The van der Waals surface area contributed by atoms with E-state index < -0.39 is 0 Å². The van der Waals surface area contributed by atoms with Crippen LogP contribution in [-0.2, 0) is 4.74 Å². The lowest BCUT2D eigenvalue weighted by Gasteiger charge is -2.24. The molecule has 0 radical (unpaired) electrons. The van der Waals surface area contributed by atoms with Gasteiger partial charge in [0.1, 0.15) is 0 Å². The normalized spacial score (nSPS) is 20.1. The lowest BCUT2D eigenvalue weighted by atomic mass is 10.1. The maximum Gasteiger partial charge on any atom is 0.0992 e. The van der Waals surface area contributed by atoms with Crippen LogP contribution in [0.5, 0.6) is 0 Å². The minimum Gasteiger partial charge on any atom is -0.397 e. The van der Waals surface area contributed by atoms with Crippen molar-refractivity contribution in [3.63, 3.8) is 0 Å². The molecule has 1 unspecified atom stereocenters. The van der Waals surface area contributed by atoms with Crippen molar-refractivity contribution in [3.05, 3.63) is 23.8 Å². The van der Waals surface area contributed by atoms with Gasteiger partial charge in [-0.2, -0.15) is 5.26 Å². The molecule has 1 heterocycles. The van der Waals surface area contributed by atoms with E-state index in [4.69, 9.17) is 15.7 Å². The van der Waals surface area contributed by atoms with Gasteiger partial charge in [-0.1, -0.05) is 0 Å². The zero-order chi connectivity index (χ0) is 11.4. The molecule has 84 valence electrons. The van der Waals surface area contributed by atoms with E-state index >= 15 is 0 Å². The Bertz CT molecular complexity index is 405. The molecule has 1 aromatic carbocycles. The van der Waals surface area contributed by atoms with Crippen molar-refractivity contribution < 1.29 is 4.74 Å². The lowest BCUT2D eigenvalue weighted by Crippen LogP contribution is -2.30. The van der Waals surface area contributed by atoms with Crippen LogP contribution in [0.15, 0.2) is 18.2 Å². The highest BCUT2D eigenvalue weighted by molar-refractivity contribution is 5.68. The molecule has 16 heavy (non-hydrogen) atoms. The molecule has 0 saturated carbocycles. The third-order valence-electron chi connectivity index (χ3n) is 2.70. The number of ether oxygens (including phenoxy) is 1. The van der Waals surface area contributed by atoms with Crippen molar-refractivity contribution in [1.29, 1.82) is 5.26 Å². The molecular formula is C12H15N3O. The van der Waals surface area contributed by atoms with E-state index in [1.54, 1.807) is 12.1 Å². The zero-order valence-electron chi connectivity index (χ0n) is 9.07. The maximum absolute atomic E-state index is 8.73. The number of nitrogens with zero attached hydrogens (tertiary/aromatic N) is 1. The zero-order valence-corrected chi connectivity index (χ0v) is 9.07. The monoisotopic (exact) mass is 217 g/mol. The predicted octanol–water partition coefficient (Wildman–Crippen LogP) is 1.73. The molecule has 1 aliphatic heterocycles. The largest absolute Gasteiger partial charge is 0.397 e. The average Bonchev–Trinajstić information content (AvgIpc) is 2.33. The highest BCUT2D eigenvalue weighted by Gasteiger charge is 2.14. The van der Waals surface area contributed by atoms with Crippen molar-refractivity contribution >= 4 is 11.4 Å². The van der Waals surface area contributed by atoms with E-state index in [0.29, 0.717) is 17.3 Å². The molecule has 0 spiro atoms. The molecule has 4 heteroatoms. The Morgan fingerprint density at radius 2 is 2.38 bits per heavy atom. The number of benzene rings is 1. The van der Waals surface area contributed by atoms with Gasteiger partial charge in [-0.3, -0.25) is 0 Å². The van der Waals surface area contributed by atoms with Crippen molar-refractivity contribution in [1.82, 2.24) is 0 Å². The number of nitrogens with one attached hydrogen (secondary N) is 1. The Morgan fingerprint density at radius 1 is 1.50 bits per heavy atom. The fourth-order valence-electron chi connectivity index (χ4n) is 1.84. The molecule has 2 rings (SSSR count). The third kappa shape index (κ3) is 2.44. The van der Waals surface area contributed by atoms with E-state index in [0.717, 1.165) is 31.7 Å². The molecule has 1 saturated heterocycles. The van der Waals surface area contributed by atoms with E-state index in [1.807, 2.05) is 6.07 Å². The molecule has 1 aromatic rings. The van der Waals surface area contributed by atoms with Crippen LogP contribution >= 0.6 is 0 Å². The van der Waals surface area contributed by atoms with Gasteiger partial charge in [0.25, 0.3) is 0 Å². The second-order valence-electron chi connectivity index (χ2n) is 3.97. The summed E-state index contributed by atoms with van der Waals surface area (Å²) in [5.41, 5.74) is 7.94.